The van der Waals surface area contributed by atoms with Crippen molar-refractivity contribution in [3.8, 4) is 0 Å². The lowest BCUT2D eigenvalue weighted by Gasteiger charge is -2.24. The Balaban J connectivity index is 2.02. The maximum atomic E-state index is 9.45. The van der Waals surface area contributed by atoms with Gasteiger partial charge in [-0.05, 0) is 19.3 Å². The summed E-state index contributed by atoms with van der Waals surface area (Å²) in [6.07, 6.45) is 3.26. The Morgan fingerprint density at radius 2 is 2.38 bits per heavy atom. The third-order valence-electron chi connectivity index (χ3n) is 2.88. The third kappa shape index (κ3) is 1.56. The molecule has 0 bridgehead atoms. The van der Waals surface area contributed by atoms with E-state index in [9.17, 15) is 5.11 Å². The molecule has 0 spiro atoms. The molecule has 0 aromatic heterocycles. The van der Waals surface area contributed by atoms with E-state index in [1.165, 1.54) is 12.8 Å². The van der Waals surface area contributed by atoms with Crippen LogP contribution < -0.4 is 0 Å². The summed E-state index contributed by atoms with van der Waals surface area (Å²) in [5.41, 5.74) is 1.07. The fourth-order valence-corrected chi connectivity index (χ4v) is 2.13. The minimum atomic E-state index is -0.788. The van der Waals surface area contributed by atoms with Crippen LogP contribution >= 0.6 is 0 Å². The molecule has 4 nitrogen and oxygen atoms in total. The molecular weight excluding hydrogens is 170 g/mol. The van der Waals surface area contributed by atoms with Crippen molar-refractivity contribution in [2.75, 3.05) is 6.61 Å². The molecule has 74 valence electrons. The predicted molar refractivity (Wildman–Crippen MR) is 47.4 cm³/mol. The Morgan fingerprint density at radius 1 is 1.54 bits per heavy atom. The van der Waals surface area contributed by atoms with Crippen LogP contribution in [-0.2, 0) is 4.84 Å². The molecule has 1 aliphatic heterocycles. The highest BCUT2D eigenvalue weighted by atomic mass is 16.7. The van der Waals surface area contributed by atoms with E-state index in [0.29, 0.717) is 0 Å². The first-order valence-electron chi connectivity index (χ1n) is 4.84. The van der Waals surface area contributed by atoms with E-state index < -0.39 is 6.10 Å². The van der Waals surface area contributed by atoms with Crippen molar-refractivity contribution in [1.29, 1.82) is 0 Å². The number of aliphatic hydroxyl groups is 2. The van der Waals surface area contributed by atoms with Crippen molar-refractivity contribution in [3.63, 3.8) is 0 Å². The Labute approximate surface area is 77.2 Å². The number of nitrogens with zero attached hydrogens (tertiary/aromatic N) is 1. The lowest BCUT2D eigenvalue weighted by molar-refractivity contribution is -0.0584. The number of aliphatic hydroxyl groups excluding tert-OH is 2. The number of hydrogen-bond donors (Lipinski definition) is 2. The number of rotatable bonds is 2. The van der Waals surface area contributed by atoms with Gasteiger partial charge in [0.2, 0.25) is 0 Å². The SMILES string of the molecule is OCC(O)C1ON=C2CCCCC21. The summed E-state index contributed by atoms with van der Waals surface area (Å²) in [7, 11) is 0. The van der Waals surface area contributed by atoms with Crippen LogP contribution in [0.25, 0.3) is 0 Å². The smallest absolute Gasteiger partial charge is 0.163 e. The number of fused-ring (bicyclic) bond motifs is 1. The van der Waals surface area contributed by atoms with Gasteiger partial charge in [-0.25, -0.2) is 0 Å². The van der Waals surface area contributed by atoms with Crippen molar-refractivity contribution in [2.45, 2.75) is 37.9 Å². The first-order chi connectivity index (χ1) is 6.33. The molecule has 0 radical (unpaired) electrons. The highest BCUT2D eigenvalue weighted by Gasteiger charge is 2.39. The van der Waals surface area contributed by atoms with E-state index in [1.807, 2.05) is 0 Å². The molecular formula is C9H15NO3. The Bertz CT molecular complexity index is 217. The average molecular weight is 185 g/mol. The van der Waals surface area contributed by atoms with Crippen LogP contribution in [0.15, 0.2) is 5.16 Å². The lowest BCUT2D eigenvalue weighted by Crippen LogP contribution is -2.38. The normalized spacial score (nSPS) is 34.8. The fourth-order valence-electron chi connectivity index (χ4n) is 2.13. The molecule has 0 aromatic carbocycles. The molecule has 3 atom stereocenters. The molecule has 2 aliphatic rings. The molecule has 1 aliphatic carbocycles. The molecule has 0 aromatic rings. The van der Waals surface area contributed by atoms with Gasteiger partial charge < -0.3 is 15.1 Å². The lowest BCUT2D eigenvalue weighted by atomic mass is 9.82. The Hall–Kier alpha value is -0.610. The topological polar surface area (TPSA) is 62.0 Å². The van der Waals surface area contributed by atoms with Gasteiger partial charge in [0.1, 0.15) is 6.10 Å². The second kappa shape index (κ2) is 3.64. The maximum Gasteiger partial charge on any atom is 0.163 e. The summed E-state index contributed by atoms with van der Waals surface area (Å²) in [4.78, 5) is 5.13. The third-order valence-corrected chi connectivity index (χ3v) is 2.88. The minimum absolute atomic E-state index is 0.246. The number of oxime groups is 1. The van der Waals surface area contributed by atoms with E-state index in [1.54, 1.807) is 0 Å². The standard InChI is InChI=1S/C9H15NO3/c11-5-8(12)9-6-3-1-2-4-7(6)10-13-9/h6,8-9,11-12H,1-5H2. The van der Waals surface area contributed by atoms with Gasteiger partial charge >= 0.3 is 0 Å². The van der Waals surface area contributed by atoms with Crippen LogP contribution in [0.1, 0.15) is 25.7 Å². The first kappa shape index (κ1) is 8.97. The van der Waals surface area contributed by atoms with Crippen LogP contribution in [0.2, 0.25) is 0 Å². The summed E-state index contributed by atoms with van der Waals surface area (Å²) < 4.78 is 0. The molecule has 1 fully saturated rings. The zero-order chi connectivity index (χ0) is 9.26. The molecule has 13 heavy (non-hydrogen) atoms. The Kier molecular flexibility index (Phi) is 2.51. The van der Waals surface area contributed by atoms with Gasteiger partial charge in [0.05, 0.1) is 12.3 Å². The summed E-state index contributed by atoms with van der Waals surface area (Å²) in [6, 6.07) is 0. The van der Waals surface area contributed by atoms with Crippen molar-refractivity contribution < 1.29 is 15.1 Å². The minimum Gasteiger partial charge on any atom is -0.394 e. The van der Waals surface area contributed by atoms with E-state index >= 15 is 0 Å². The summed E-state index contributed by atoms with van der Waals surface area (Å²) in [6.45, 7) is -0.246. The second-order valence-corrected chi connectivity index (χ2v) is 3.75. The quantitative estimate of drug-likeness (QED) is 0.649. The molecule has 2 N–H and O–H groups in total. The molecule has 0 saturated heterocycles. The summed E-state index contributed by atoms with van der Waals surface area (Å²) in [5, 5.41) is 22.2. The molecule has 0 amide bonds. The van der Waals surface area contributed by atoms with Crippen LogP contribution in [0, 0.1) is 5.92 Å². The largest absolute Gasteiger partial charge is 0.394 e. The molecule has 1 heterocycles. The maximum absolute atomic E-state index is 9.45. The van der Waals surface area contributed by atoms with Gasteiger partial charge in [0, 0.05) is 5.92 Å². The van der Waals surface area contributed by atoms with Gasteiger partial charge in [-0.1, -0.05) is 11.6 Å². The molecule has 3 unspecified atom stereocenters. The van der Waals surface area contributed by atoms with Crippen molar-refractivity contribution in [2.24, 2.45) is 11.1 Å². The van der Waals surface area contributed by atoms with Crippen LogP contribution in [-0.4, -0.2) is 34.7 Å². The van der Waals surface area contributed by atoms with Gasteiger partial charge in [-0.2, -0.15) is 0 Å². The van der Waals surface area contributed by atoms with Gasteiger partial charge in [-0.15, -0.1) is 0 Å². The fraction of sp³-hybridized carbons (Fsp3) is 0.889. The van der Waals surface area contributed by atoms with E-state index in [-0.39, 0.29) is 18.6 Å². The van der Waals surface area contributed by atoms with E-state index in [4.69, 9.17) is 9.94 Å². The van der Waals surface area contributed by atoms with Crippen LogP contribution in [0.5, 0.6) is 0 Å². The molecule has 1 saturated carbocycles. The zero-order valence-corrected chi connectivity index (χ0v) is 7.52. The highest BCUT2D eigenvalue weighted by molar-refractivity contribution is 5.88. The van der Waals surface area contributed by atoms with E-state index in [0.717, 1.165) is 18.6 Å². The van der Waals surface area contributed by atoms with Gasteiger partial charge in [-0.3, -0.25) is 0 Å². The monoisotopic (exact) mass is 185 g/mol. The summed E-state index contributed by atoms with van der Waals surface area (Å²) >= 11 is 0. The predicted octanol–water partition coefficient (Wildman–Crippen LogP) is 0.285. The highest BCUT2D eigenvalue weighted by Crippen LogP contribution is 2.32. The van der Waals surface area contributed by atoms with Crippen LogP contribution in [0.4, 0.5) is 0 Å². The summed E-state index contributed by atoms with van der Waals surface area (Å²) in [5.74, 6) is 0.246. The van der Waals surface area contributed by atoms with Crippen LogP contribution in [0.3, 0.4) is 0 Å². The van der Waals surface area contributed by atoms with Crippen molar-refractivity contribution >= 4 is 5.71 Å². The van der Waals surface area contributed by atoms with Gasteiger partial charge in [0.25, 0.3) is 0 Å². The Morgan fingerprint density at radius 3 is 3.15 bits per heavy atom. The van der Waals surface area contributed by atoms with Crippen molar-refractivity contribution in [3.05, 3.63) is 0 Å². The van der Waals surface area contributed by atoms with Gasteiger partial charge in [0.15, 0.2) is 6.10 Å². The average Bonchev–Trinajstić information content (AvgIpc) is 2.60. The second-order valence-electron chi connectivity index (χ2n) is 3.75. The van der Waals surface area contributed by atoms with Crippen molar-refractivity contribution in [1.82, 2.24) is 0 Å². The first-order valence-corrected chi connectivity index (χ1v) is 4.84. The zero-order valence-electron chi connectivity index (χ0n) is 7.52. The molecule has 4 heteroatoms. The van der Waals surface area contributed by atoms with E-state index in [2.05, 4.69) is 5.16 Å². The number of hydrogen-bond acceptors (Lipinski definition) is 4. The molecule has 2 rings (SSSR count).